The molecule has 1 aromatic carbocycles. The van der Waals surface area contributed by atoms with E-state index in [1.165, 1.54) is 5.57 Å². The minimum Gasteiger partial charge on any atom is -0.480 e. The number of aliphatic carboxylic acids is 1. The van der Waals surface area contributed by atoms with Gasteiger partial charge in [-0.3, -0.25) is 9.59 Å². The van der Waals surface area contributed by atoms with Crippen LogP contribution in [0.5, 0.6) is 0 Å². The fourth-order valence-electron chi connectivity index (χ4n) is 9.19. The number of hydrogen-bond acceptors (Lipinski definition) is 4. The van der Waals surface area contributed by atoms with Gasteiger partial charge in [0.15, 0.2) is 0 Å². The third-order valence-electron chi connectivity index (χ3n) is 10.8. The molecule has 3 N–H and O–H groups in total. The first kappa shape index (κ1) is 26.1. The van der Waals surface area contributed by atoms with Crippen LogP contribution in [0.25, 0.3) is 0 Å². The molecule has 3 unspecified atom stereocenters. The molecule has 5 rings (SSSR count). The van der Waals surface area contributed by atoms with Crippen LogP contribution in [0, 0.1) is 40.4 Å². The van der Waals surface area contributed by atoms with Crippen LogP contribution in [0.2, 0.25) is 0 Å². The number of hydrogen-bond donors (Lipinski definition) is 3. The number of aliphatic hydroxyl groups excluding tert-OH is 1. The van der Waals surface area contributed by atoms with Crippen LogP contribution in [0.15, 0.2) is 42.0 Å². The predicted molar refractivity (Wildman–Crippen MR) is 140 cm³/mol. The predicted octanol–water partition coefficient (Wildman–Crippen LogP) is 4.55. The lowest BCUT2D eigenvalue weighted by molar-refractivity contribution is -0.145. The van der Waals surface area contributed by atoms with Gasteiger partial charge in [-0.25, -0.2) is 4.79 Å². The van der Waals surface area contributed by atoms with Crippen molar-refractivity contribution < 1.29 is 24.6 Å². The Balaban J connectivity index is 1.42. The second-order valence-corrected chi connectivity index (χ2v) is 12.7. The van der Waals surface area contributed by atoms with Crippen LogP contribution in [0.4, 0.5) is 0 Å². The number of carboxylic acids is 1. The molecule has 6 nitrogen and oxygen atoms in total. The Morgan fingerprint density at radius 1 is 1.08 bits per heavy atom. The van der Waals surface area contributed by atoms with E-state index in [0.717, 1.165) is 44.1 Å². The lowest BCUT2D eigenvalue weighted by Gasteiger charge is -2.57. The molecule has 1 amide bonds. The number of rotatable bonds is 6. The van der Waals surface area contributed by atoms with Gasteiger partial charge >= 0.3 is 5.97 Å². The van der Waals surface area contributed by atoms with Crippen molar-refractivity contribution in [1.29, 1.82) is 0 Å². The molecule has 0 radical (unpaired) electrons. The zero-order chi connectivity index (χ0) is 26.5. The van der Waals surface area contributed by atoms with Crippen molar-refractivity contribution in [3.8, 4) is 0 Å². The van der Waals surface area contributed by atoms with Gasteiger partial charge in [-0.2, -0.15) is 0 Å². The largest absolute Gasteiger partial charge is 0.480 e. The normalized spacial score (nSPS) is 39.4. The fourth-order valence-corrected chi connectivity index (χ4v) is 9.19. The Kier molecular flexibility index (Phi) is 6.84. The molecule has 0 aliphatic heterocycles. The topological polar surface area (TPSA) is 104 Å². The quantitative estimate of drug-likeness (QED) is 0.490. The summed E-state index contributed by atoms with van der Waals surface area (Å²) in [7, 11) is 0. The third kappa shape index (κ3) is 4.45. The van der Waals surface area contributed by atoms with E-state index in [-0.39, 0.29) is 46.9 Å². The number of amides is 1. The fraction of sp³-hybridized carbons (Fsp3) is 0.645. The summed E-state index contributed by atoms with van der Waals surface area (Å²) >= 11 is 0. The van der Waals surface area contributed by atoms with E-state index in [0.29, 0.717) is 18.3 Å². The molecule has 3 saturated carbocycles. The summed E-state index contributed by atoms with van der Waals surface area (Å²) in [5.41, 5.74) is 2.03. The molecular formula is C31H41NO5. The molecule has 9 atom stereocenters. The summed E-state index contributed by atoms with van der Waals surface area (Å²) in [6, 6.07) is 8.23. The monoisotopic (exact) mass is 507 g/mol. The van der Waals surface area contributed by atoms with Gasteiger partial charge in [0.1, 0.15) is 11.8 Å². The standard InChI is InChI=1S/C31H41NO5/c1-18(33)27-23(28(29(36)37)32-26(35)15-19-7-5-4-6-8-19)17-25-22-10-9-20-16-21(34)11-13-30(20,2)24(22)12-14-31(25,27)3/h4-9,21-25,27-28,34H,10-17H2,1-3H3,(H,32,35)(H,36,37)/t21?,22-,23?,24+,25+,27+,28?,30+,31+/m1/s1. The first-order valence-corrected chi connectivity index (χ1v) is 14.0. The van der Waals surface area contributed by atoms with E-state index in [1.807, 2.05) is 30.3 Å². The highest BCUT2D eigenvalue weighted by molar-refractivity contribution is 5.87. The van der Waals surface area contributed by atoms with Crippen LogP contribution >= 0.6 is 0 Å². The van der Waals surface area contributed by atoms with Gasteiger partial charge in [0.25, 0.3) is 0 Å². The number of carboxylic acid groups (broad SMARTS) is 1. The summed E-state index contributed by atoms with van der Waals surface area (Å²) in [4.78, 5) is 38.6. The Labute approximate surface area is 219 Å². The molecule has 4 aliphatic carbocycles. The molecule has 0 saturated heterocycles. The van der Waals surface area contributed by atoms with Crippen molar-refractivity contribution in [2.75, 3.05) is 0 Å². The highest BCUT2D eigenvalue weighted by Crippen LogP contribution is 2.67. The van der Waals surface area contributed by atoms with Crippen molar-refractivity contribution in [2.24, 2.45) is 40.4 Å². The number of ketones is 1. The van der Waals surface area contributed by atoms with E-state index >= 15 is 0 Å². The molecule has 0 aromatic heterocycles. The van der Waals surface area contributed by atoms with Gasteiger partial charge in [0.2, 0.25) is 5.91 Å². The van der Waals surface area contributed by atoms with Crippen molar-refractivity contribution in [1.82, 2.24) is 5.32 Å². The van der Waals surface area contributed by atoms with Gasteiger partial charge in [-0.15, -0.1) is 0 Å². The molecule has 1 aromatic rings. The van der Waals surface area contributed by atoms with Crippen molar-refractivity contribution in [3.63, 3.8) is 0 Å². The van der Waals surface area contributed by atoms with Crippen LogP contribution in [0.3, 0.4) is 0 Å². The summed E-state index contributed by atoms with van der Waals surface area (Å²) in [5.74, 6) is -1.04. The number of carbonyl (C=O) groups excluding carboxylic acids is 2. The van der Waals surface area contributed by atoms with Crippen LogP contribution in [0.1, 0.15) is 71.3 Å². The minimum absolute atomic E-state index is 0.0380. The number of nitrogens with one attached hydrogen (secondary N) is 1. The summed E-state index contributed by atoms with van der Waals surface area (Å²) in [6.07, 6.45) is 8.28. The Hall–Kier alpha value is -2.47. The minimum atomic E-state index is -1.08. The SMILES string of the molecule is CC(=O)[C@H]1C(C(NC(=O)Cc2ccccc2)C(=O)O)C[C@H]2[C@@H]3CC=C4CC(O)CC[C@]4(C)[C@H]3CC[C@]12C. The van der Waals surface area contributed by atoms with E-state index in [2.05, 4.69) is 25.2 Å². The van der Waals surface area contributed by atoms with Gasteiger partial charge in [-0.1, -0.05) is 55.8 Å². The smallest absolute Gasteiger partial charge is 0.326 e. The number of Topliss-reactive ketones (excluding diaryl/α,β-unsaturated/α-hetero) is 1. The van der Waals surface area contributed by atoms with Gasteiger partial charge in [-0.05, 0) is 86.0 Å². The average molecular weight is 508 g/mol. The van der Waals surface area contributed by atoms with Gasteiger partial charge in [0.05, 0.1) is 12.5 Å². The van der Waals surface area contributed by atoms with Crippen LogP contribution in [-0.2, 0) is 20.8 Å². The highest BCUT2D eigenvalue weighted by atomic mass is 16.4. The first-order valence-electron chi connectivity index (χ1n) is 14.0. The second-order valence-electron chi connectivity index (χ2n) is 12.7. The third-order valence-corrected chi connectivity index (χ3v) is 10.8. The summed E-state index contributed by atoms with van der Waals surface area (Å²) in [5, 5.41) is 23.4. The number of benzene rings is 1. The average Bonchev–Trinajstić information content (AvgIpc) is 3.16. The molecule has 3 fully saturated rings. The maximum Gasteiger partial charge on any atom is 0.326 e. The highest BCUT2D eigenvalue weighted by Gasteiger charge is 2.63. The van der Waals surface area contributed by atoms with Gasteiger partial charge < -0.3 is 15.5 Å². The Morgan fingerprint density at radius 3 is 2.49 bits per heavy atom. The van der Waals surface area contributed by atoms with Crippen molar-refractivity contribution >= 4 is 17.7 Å². The van der Waals surface area contributed by atoms with E-state index in [1.54, 1.807) is 6.92 Å². The lowest BCUT2D eigenvalue weighted by Crippen LogP contribution is -2.52. The molecule has 200 valence electrons. The van der Waals surface area contributed by atoms with Crippen molar-refractivity contribution in [3.05, 3.63) is 47.5 Å². The number of aliphatic hydroxyl groups is 1. The molecule has 37 heavy (non-hydrogen) atoms. The molecule has 6 heteroatoms. The zero-order valence-corrected chi connectivity index (χ0v) is 22.3. The van der Waals surface area contributed by atoms with Crippen LogP contribution < -0.4 is 5.32 Å². The molecule has 0 spiro atoms. The lowest BCUT2D eigenvalue weighted by atomic mass is 9.47. The van der Waals surface area contributed by atoms with Gasteiger partial charge in [0, 0.05) is 11.8 Å². The number of carbonyl (C=O) groups is 3. The molecule has 0 bridgehead atoms. The van der Waals surface area contributed by atoms with E-state index in [9.17, 15) is 24.6 Å². The maximum absolute atomic E-state index is 13.2. The maximum atomic E-state index is 13.2. The van der Waals surface area contributed by atoms with Crippen molar-refractivity contribution in [2.45, 2.75) is 84.3 Å². The summed E-state index contributed by atoms with van der Waals surface area (Å²) < 4.78 is 0. The number of allylic oxidation sites excluding steroid dienone is 1. The second kappa shape index (κ2) is 9.68. The van der Waals surface area contributed by atoms with E-state index in [4.69, 9.17) is 0 Å². The molecule has 4 aliphatic rings. The zero-order valence-electron chi connectivity index (χ0n) is 22.3. The Bertz CT molecular complexity index is 1100. The number of fused-ring (bicyclic) bond motifs is 5. The van der Waals surface area contributed by atoms with Crippen LogP contribution in [-0.4, -0.2) is 40.0 Å². The molecule has 0 heterocycles. The Morgan fingerprint density at radius 2 is 1.81 bits per heavy atom. The van der Waals surface area contributed by atoms with E-state index < -0.39 is 17.9 Å². The summed E-state index contributed by atoms with van der Waals surface area (Å²) in [6.45, 7) is 6.17. The molecular weight excluding hydrogens is 466 g/mol. The first-order chi connectivity index (χ1) is 17.5.